The first kappa shape index (κ1) is 28.6. The van der Waals surface area contributed by atoms with Crippen molar-refractivity contribution in [1.29, 1.82) is 0 Å². The molecule has 8 nitrogen and oxygen atoms in total. The van der Waals surface area contributed by atoms with Crippen LogP contribution in [0, 0.1) is 0 Å². The number of pyridine rings is 1. The normalized spacial score (nSPS) is 12.2. The van der Waals surface area contributed by atoms with Crippen LogP contribution in [0.2, 0.25) is 25.7 Å². The number of benzene rings is 1. The molecule has 39 heavy (non-hydrogen) atoms. The van der Waals surface area contributed by atoms with Crippen LogP contribution in [0.25, 0.3) is 22.4 Å². The zero-order valence-electron chi connectivity index (χ0n) is 24.0. The van der Waals surface area contributed by atoms with Crippen molar-refractivity contribution in [3.05, 3.63) is 66.0 Å². The van der Waals surface area contributed by atoms with E-state index >= 15 is 0 Å². The lowest BCUT2D eigenvalue weighted by Crippen LogP contribution is -2.27. The summed E-state index contributed by atoms with van der Waals surface area (Å²) >= 11 is 0. The predicted octanol–water partition coefficient (Wildman–Crippen LogP) is 7.26. The van der Waals surface area contributed by atoms with Gasteiger partial charge in [-0.3, -0.25) is 10.3 Å². The number of carbonyl (C=O) groups is 1. The van der Waals surface area contributed by atoms with Crippen molar-refractivity contribution >= 4 is 31.1 Å². The molecule has 0 aliphatic heterocycles. The standard InChI is InChI=1S/C30H41N5O3Si/c1-30(2,3)38-29(36)34-28-32-24-15-16-31-27(26(24)33-28)25-19-23(14-10-13-22-11-8-7-9-12-22)20-35(25)21-37-17-18-39(4,5)6/h7-9,11-12,15-16,19-20H,10,13-14,17-18,21H2,1-6H3,(H2,32,33,34,36). The van der Waals surface area contributed by atoms with Gasteiger partial charge in [-0.05, 0) is 69.3 Å². The lowest BCUT2D eigenvalue weighted by Gasteiger charge is -2.18. The van der Waals surface area contributed by atoms with Gasteiger partial charge in [0.05, 0.1) is 11.2 Å². The van der Waals surface area contributed by atoms with Crippen LogP contribution in [0.3, 0.4) is 0 Å². The van der Waals surface area contributed by atoms with Crippen LogP contribution in [0.15, 0.2) is 54.9 Å². The van der Waals surface area contributed by atoms with Crippen molar-refractivity contribution in [2.24, 2.45) is 0 Å². The topological polar surface area (TPSA) is 94.1 Å². The molecule has 0 saturated heterocycles. The van der Waals surface area contributed by atoms with Crippen LogP contribution < -0.4 is 5.32 Å². The summed E-state index contributed by atoms with van der Waals surface area (Å²) in [6.07, 6.45) is 6.39. The Balaban J connectivity index is 1.57. The van der Waals surface area contributed by atoms with Crippen LogP contribution in [-0.2, 0) is 29.0 Å². The van der Waals surface area contributed by atoms with Crippen LogP contribution in [-0.4, -0.2) is 45.9 Å². The van der Waals surface area contributed by atoms with Gasteiger partial charge in [0.15, 0.2) is 0 Å². The Hall–Kier alpha value is -3.43. The Morgan fingerprint density at radius 2 is 1.82 bits per heavy atom. The van der Waals surface area contributed by atoms with Crippen molar-refractivity contribution in [1.82, 2.24) is 19.5 Å². The molecule has 0 aliphatic rings. The second-order valence-electron chi connectivity index (χ2n) is 12.2. The number of H-pyrrole nitrogens is 1. The van der Waals surface area contributed by atoms with Gasteiger partial charge in [0.25, 0.3) is 0 Å². The van der Waals surface area contributed by atoms with E-state index in [0.717, 1.165) is 48.8 Å². The van der Waals surface area contributed by atoms with E-state index in [1.165, 1.54) is 11.1 Å². The predicted molar refractivity (Wildman–Crippen MR) is 160 cm³/mol. The molecular formula is C30H41N5O3Si. The SMILES string of the molecule is CC(C)(C)OC(=O)Nc1nc2c(-c3cc(CCCc4ccccc4)cn3COCC[Si](C)(C)C)nccc2[nH]1. The summed E-state index contributed by atoms with van der Waals surface area (Å²) < 4.78 is 13.6. The fourth-order valence-electron chi connectivity index (χ4n) is 4.28. The minimum absolute atomic E-state index is 0.320. The van der Waals surface area contributed by atoms with Crippen molar-refractivity contribution in [3.63, 3.8) is 0 Å². The number of fused-ring (bicyclic) bond motifs is 1. The van der Waals surface area contributed by atoms with E-state index in [1.807, 2.05) is 26.8 Å². The van der Waals surface area contributed by atoms with Crippen molar-refractivity contribution in [2.75, 3.05) is 11.9 Å². The Morgan fingerprint density at radius 1 is 1.08 bits per heavy atom. The monoisotopic (exact) mass is 547 g/mol. The summed E-state index contributed by atoms with van der Waals surface area (Å²) in [5.74, 6) is 0.320. The molecule has 0 saturated carbocycles. The van der Waals surface area contributed by atoms with E-state index in [0.29, 0.717) is 18.2 Å². The van der Waals surface area contributed by atoms with Crippen LogP contribution in [0.5, 0.6) is 0 Å². The molecule has 3 aromatic heterocycles. The number of carbonyl (C=O) groups excluding carboxylic acids is 1. The molecule has 4 aromatic rings. The summed E-state index contributed by atoms with van der Waals surface area (Å²) in [6, 6.07) is 15.7. The average molecular weight is 548 g/mol. The highest BCUT2D eigenvalue weighted by Crippen LogP contribution is 2.29. The molecule has 9 heteroatoms. The molecule has 2 N–H and O–H groups in total. The van der Waals surface area contributed by atoms with Gasteiger partial charge in [0.2, 0.25) is 5.95 Å². The number of ether oxygens (including phenoxy) is 2. The number of amides is 1. The van der Waals surface area contributed by atoms with Gasteiger partial charge in [-0.1, -0.05) is 50.0 Å². The smallest absolute Gasteiger partial charge is 0.414 e. The van der Waals surface area contributed by atoms with E-state index < -0.39 is 19.8 Å². The zero-order chi connectivity index (χ0) is 28.0. The molecule has 0 unspecified atom stereocenters. The van der Waals surface area contributed by atoms with Crippen LogP contribution in [0.1, 0.15) is 38.3 Å². The van der Waals surface area contributed by atoms with Gasteiger partial charge in [0, 0.05) is 27.1 Å². The zero-order valence-corrected chi connectivity index (χ0v) is 25.0. The number of imidazole rings is 1. The fraction of sp³-hybridized carbons (Fsp3) is 0.433. The highest BCUT2D eigenvalue weighted by Gasteiger charge is 2.20. The first-order valence-electron chi connectivity index (χ1n) is 13.6. The highest BCUT2D eigenvalue weighted by molar-refractivity contribution is 6.76. The maximum Gasteiger partial charge on any atom is 0.414 e. The summed E-state index contributed by atoms with van der Waals surface area (Å²) in [4.78, 5) is 24.8. The van der Waals surface area contributed by atoms with Crippen molar-refractivity contribution in [2.45, 2.75) is 78.1 Å². The van der Waals surface area contributed by atoms with Crippen LogP contribution >= 0.6 is 0 Å². The Bertz CT molecular complexity index is 1380. The van der Waals surface area contributed by atoms with Gasteiger partial charge < -0.3 is 19.0 Å². The maximum absolute atomic E-state index is 12.3. The number of hydrogen-bond acceptors (Lipinski definition) is 5. The third-order valence-electron chi connectivity index (χ3n) is 6.22. The van der Waals surface area contributed by atoms with E-state index in [2.05, 4.69) is 82.1 Å². The number of aromatic nitrogens is 4. The third kappa shape index (κ3) is 8.53. The Kier molecular flexibility index (Phi) is 8.92. The molecule has 4 rings (SSSR count). The van der Waals surface area contributed by atoms with Crippen molar-refractivity contribution < 1.29 is 14.3 Å². The first-order chi connectivity index (χ1) is 18.5. The number of rotatable bonds is 11. The van der Waals surface area contributed by atoms with E-state index in [4.69, 9.17) is 14.5 Å². The second-order valence-corrected chi connectivity index (χ2v) is 17.8. The number of aromatic amines is 1. The minimum atomic E-state index is -1.19. The molecule has 3 heterocycles. The van der Waals surface area contributed by atoms with Gasteiger partial charge in [-0.25, -0.2) is 9.78 Å². The molecule has 1 aromatic carbocycles. The number of anilines is 1. The van der Waals surface area contributed by atoms with Gasteiger partial charge >= 0.3 is 6.09 Å². The van der Waals surface area contributed by atoms with Gasteiger partial charge in [-0.15, -0.1) is 0 Å². The summed E-state index contributed by atoms with van der Waals surface area (Å²) in [5, 5.41) is 2.70. The lowest BCUT2D eigenvalue weighted by atomic mass is 10.1. The summed E-state index contributed by atoms with van der Waals surface area (Å²) in [6.45, 7) is 13.7. The fourth-order valence-corrected chi connectivity index (χ4v) is 5.03. The van der Waals surface area contributed by atoms with Gasteiger partial charge in [0.1, 0.15) is 23.5 Å². The molecule has 0 atom stereocenters. The molecule has 208 valence electrons. The van der Waals surface area contributed by atoms with Crippen LogP contribution in [0.4, 0.5) is 10.7 Å². The molecule has 1 amide bonds. The Morgan fingerprint density at radius 3 is 2.54 bits per heavy atom. The molecule has 0 spiro atoms. The molecule has 0 fully saturated rings. The second kappa shape index (κ2) is 12.2. The van der Waals surface area contributed by atoms with Gasteiger partial charge in [-0.2, -0.15) is 0 Å². The molecule has 0 radical (unpaired) electrons. The van der Waals surface area contributed by atoms with E-state index in [-0.39, 0.29) is 0 Å². The summed E-state index contributed by atoms with van der Waals surface area (Å²) in [5.41, 5.74) is 5.12. The number of aryl methyl sites for hydroxylation is 2. The number of nitrogens with one attached hydrogen (secondary N) is 2. The first-order valence-corrected chi connectivity index (χ1v) is 17.3. The van der Waals surface area contributed by atoms with Crippen molar-refractivity contribution in [3.8, 4) is 11.4 Å². The average Bonchev–Trinajstić information content (AvgIpc) is 3.44. The third-order valence-corrected chi connectivity index (χ3v) is 7.92. The molecule has 0 bridgehead atoms. The minimum Gasteiger partial charge on any atom is -0.444 e. The molecule has 0 aliphatic carbocycles. The Labute approximate surface area is 232 Å². The van der Waals surface area contributed by atoms with E-state index in [9.17, 15) is 4.79 Å². The number of hydrogen-bond donors (Lipinski definition) is 2. The summed E-state index contributed by atoms with van der Waals surface area (Å²) in [7, 11) is -1.19. The maximum atomic E-state index is 12.3. The number of nitrogens with zero attached hydrogens (tertiary/aromatic N) is 3. The largest absolute Gasteiger partial charge is 0.444 e. The highest BCUT2D eigenvalue weighted by atomic mass is 28.3. The quantitative estimate of drug-likeness (QED) is 0.152. The van der Waals surface area contributed by atoms with E-state index in [1.54, 1.807) is 6.20 Å². The lowest BCUT2D eigenvalue weighted by molar-refractivity contribution is 0.0635. The molecular weight excluding hydrogens is 506 g/mol.